The van der Waals surface area contributed by atoms with Crippen LogP contribution in [0.3, 0.4) is 0 Å². The maximum absolute atomic E-state index is 11.4. The fraction of sp³-hybridized carbons (Fsp3) is 0.900. The van der Waals surface area contributed by atoms with Gasteiger partial charge in [-0.15, -0.1) is 0 Å². The fourth-order valence-corrected chi connectivity index (χ4v) is 1.44. The van der Waals surface area contributed by atoms with E-state index in [9.17, 15) is 4.79 Å². The first kappa shape index (κ1) is 11.5. The summed E-state index contributed by atoms with van der Waals surface area (Å²) in [5.41, 5.74) is 0. The van der Waals surface area contributed by atoms with Crippen LogP contribution in [0.4, 0.5) is 0 Å². The monoisotopic (exact) mass is 200 g/mol. The number of ether oxygens (including phenoxy) is 1. The lowest BCUT2D eigenvalue weighted by atomic mass is 10.1. The Hall–Kier alpha value is -0.610. The zero-order valence-corrected chi connectivity index (χ0v) is 9.08. The summed E-state index contributed by atoms with van der Waals surface area (Å²) in [6.45, 7) is 4.77. The van der Waals surface area contributed by atoms with Crippen molar-refractivity contribution in [2.75, 3.05) is 33.4 Å². The molecule has 1 heterocycles. The summed E-state index contributed by atoms with van der Waals surface area (Å²) in [5.74, 6) is 0.151. The quantitative estimate of drug-likeness (QED) is 0.706. The van der Waals surface area contributed by atoms with Gasteiger partial charge < -0.3 is 15.0 Å². The Morgan fingerprint density at radius 2 is 2.43 bits per heavy atom. The van der Waals surface area contributed by atoms with Crippen molar-refractivity contribution in [1.29, 1.82) is 0 Å². The van der Waals surface area contributed by atoms with Crippen molar-refractivity contribution in [3.8, 4) is 0 Å². The molecule has 1 atom stereocenters. The topological polar surface area (TPSA) is 41.6 Å². The predicted octanol–water partition coefficient (Wildman–Crippen LogP) is 0.233. The molecule has 0 aliphatic carbocycles. The van der Waals surface area contributed by atoms with Gasteiger partial charge in [-0.05, 0) is 19.8 Å². The molecule has 14 heavy (non-hydrogen) atoms. The van der Waals surface area contributed by atoms with Crippen molar-refractivity contribution in [1.82, 2.24) is 10.2 Å². The molecule has 1 amide bonds. The Kier molecular flexibility index (Phi) is 4.90. The summed E-state index contributed by atoms with van der Waals surface area (Å²) < 4.78 is 5.31. The van der Waals surface area contributed by atoms with E-state index in [1.807, 2.05) is 14.0 Å². The van der Waals surface area contributed by atoms with Gasteiger partial charge >= 0.3 is 0 Å². The molecule has 0 aromatic rings. The van der Waals surface area contributed by atoms with Crippen molar-refractivity contribution in [2.45, 2.75) is 25.8 Å². The molecule has 1 fully saturated rings. The SMILES string of the molecule is CCN(C)C(=O)CNC1CCCOC1. The lowest BCUT2D eigenvalue weighted by molar-refractivity contribution is -0.129. The number of likely N-dealkylation sites (N-methyl/N-ethyl adjacent to an activating group) is 1. The zero-order chi connectivity index (χ0) is 10.4. The van der Waals surface area contributed by atoms with Gasteiger partial charge in [0.1, 0.15) is 0 Å². The Morgan fingerprint density at radius 3 is 3.00 bits per heavy atom. The number of nitrogens with zero attached hydrogens (tertiary/aromatic N) is 1. The minimum Gasteiger partial charge on any atom is -0.380 e. The lowest BCUT2D eigenvalue weighted by Crippen LogP contribution is -2.43. The summed E-state index contributed by atoms with van der Waals surface area (Å²) in [6.07, 6.45) is 2.21. The third kappa shape index (κ3) is 3.64. The summed E-state index contributed by atoms with van der Waals surface area (Å²) >= 11 is 0. The second-order valence-electron chi connectivity index (χ2n) is 3.70. The van der Waals surface area contributed by atoms with Gasteiger partial charge in [0.05, 0.1) is 13.2 Å². The molecule has 1 N–H and O–H groups in total. The maximum Gasteiger partial charge on any atom is 0.236 e. The Labute approximate surface area is 85.6 Å². The van der Waals surface area contributed by atoms with Crippen molar-refractivity contribution in [3.63, 3.8) is 0 Å². The Morgan fingerprint density at radius 1 is 1.64 bits per heavy atom. The van der Waals surface area contributed by atoms with Crippen LogP contribution in [-0.2, 0) is 9.53 Å². The van der Waals surface area contributed by atoms with Crippen molar-refractivity contribution in [3.05, 3.63) is 0 Å². The van der Waals surface area contributed by atoms with E-state index in [1.165, 1.54) is 0 Å². The number of nitrogens with one attached hydrogen (secondary N) is 1. The van der Waals surface area contributed by atoms with Crippen LogP contribution in [0.25, 0.3) is 0 Å². The normalized spacial score (nSPS) is 22.0. The molecule has 82 valence electrons. The van der Waals surface area contributed by atoms with Crippen LogP contribution in [0.2, 0.25) is 0 Å². The summed E-state index contributed by atoms with van der Waals surface area (Å²) in [4.78, 5) is 13.2. The second kappa shape index (κ2) is 5.98. The van der Waals surface area contributed by atoms with E-state index in [2.05, 4.69) is 5.32 Å². The highest BCUT2D eigenvalue weighted by Gasteiger charge is 2.15. The van der Waals surface area contributed by atoms with E-state index in [0.29, 0.717) is 12.6 Å². The highest BCUT2D eigenvalue weighted by molar-refractivity contribution is 5.77. The van der Waals surface area contributed by atoms with Gasteiger partial charge in [0.25, 0.3) is 0 Å². The first-order valence-electron chi connectivity index (χ1n) is 5.29. The molecule has 4 heteroatoms. The highest BCUT2D eigenvalue weighted by Crippen LogP contribution is 2.05. The summed E-state index contributed by atoms with van der Waals surface area (Å²) in [6, 6.07) is 0.359. The van der Waals surface area contributed by atoms with E-state index < -0.39 is 0 Å². The molecule has 1 rings (SSSR count). The second-order valence-corrected chi connectivity index (χ2v) is 3.70. The lowest BCUT2D eigenvalue weighted by Gasteiger charge is -2.24. The average molecular weight is 200 g/mol. The molecule has 1 unspecified atom stereocenters. The largest absolute Gasteiger partial charge is 0.380 e. The molecule has 1 aliphatic rings. The number of amides is 1. The molecule has 0 saturated carbocycles. The van der Waals surface area contributed by atoms with E-state index in [4.69, 9.17) is 4.74 Å². The van der Waals surface area contributed by atoms with Crippen molar-refractivity contribution < 1.29 is 9.53 Å². The summed E-state index contributed by atoms with van der Waals surface area (Å²) in [7, 11) is 1.82. The Balaban J connectivity index is 2.15. The van der Waals surface area contributed by atoms with E-state index in [-0.39, 0.29) is 5.91 Å². The summed E-state index contributed by atoms with van der Waals surface area (Å²) in [5, 5.41) is 3.22. The molecule has 0 spiro atoms. The van der Waals surface area contributed by atoms with Crippen molar-refractivity contribution in [2.24, 2.45) is 0 Å². The highest BCUT2D eigenvalue weighted by atomic mass is 16.5. The first-order valence-corrected chi connectivity index (χ1v) is 5.29. The van der Waals surface area contributed by atoms with Crippen LogP contribution in [0.5, 0.6) is 0 Å². The van der Waals surface area contributed by atoms with Gasteiger partial charge in [-0.1, -0.05) is 0 Å². The van der Waals surface area contributed by atoms with E-state index in [0.717, 1.165) is 32.6 Å². The van der Waals surface area contributed by atoms with E-state index in [1.54, 1.807) is 4.90 Å². The Bertz CT molecular complexity index is 179. The molecular formula is C10H20N2O2. The van der Waals surface area contributed by atoms with Gasteiger partial charge in [0, 0.05) is 26.2 Å². The van der Waals surface area contributed by atoms with Gasteiger partial charge in [-0.25, -0.2) is 0 Å². The molecule has 1 saturated heterocycles. The molecule has 0 aromatic heterocycles. The number of carbonyl (C=O) groups is 1. The number of rotatable bonds is 4. The predicted molar refractivity (Wildman–Crippen MR) is 55.2 cm³/mol. The zero-order valence-electron chi connectivity index (χ0n) is 9.08. The standard InChI is InChI=1S/C10H20N2O2/c1-3-12(2)10(13)7-11-9-5-4-6-14-8-9/h9,11H,3-8H2,1-2H3. The van der Waals surface area contributed by atoms with Gasteiger partial charge in [-0.2, -0.15) is 0 Å². The molecule has 0 bridgehead atoms. The smallest absolute Gasteiger partial charge is 0.236 e. The maximum atomic E-state index is 11.4. The van der Waals surface area contributed by atoms with Gasteiger partial charge in [0.15, 0.2) is 0 Å². The fourth-order valence-electron chi connectivity index (χ4n) is 1.44. The molecular weight excluding hydrogens is 180 g/mol. The van der Waals surface area contributed by atoms with Crippen LogP contribution in [-0.4, -0.2) is 50.2 Å². The number of hydrogen-bond acceptors (Lipinski definition) is 3. The van der Waals surface area contributed by atoms with Crippen LogP contribution in [0.1, 0.15) is 19.8 Å². The minimum atomic E-state index is 0.151. The van der Waals surface area contributed by atoms with E-state index >= 15 is 0 Å². The third-order valence-electron chi connectivity index (χ3n) is 2.60. The minimum absolute atomic E-state index is 0.151. The van der Waals surface area contributed by atoms with Crippen LogP contribution in [0, 0.1) is 0 Å². The third-order valence-corrected chi connectivity index (χ3v) is 2.60. The molecule has 4 nitrogen and oxygen atoms in total. The first-order chi connectivity index (χ1) is 6.74. The number of carbonyl (C=O) groups excluding carboxylic acids is 1. The van der Waals surface area contributed by atoms with Gasteiger partial charge in [0.2, 0.25) is 5.91 Å². The number of hydrogen-bond donors (Lipinski definition) is 1. The average Bonchev–Trinajstić information content (AvgIpc) is 2.26. The van der Waals surface area contributed by atoms with Crippen LogP contribution in [0.15, 0.2) is 0 Å². The molecule has 1 aliphatic heterocycles. The van der Waals surface area contributed by atoms with Crippen LogP contribution >= 0.6 is 0 Å². The molecule has 0 aromatic carbocycles. The molecule has 0 radical (unpaired) electrons. The van der Waals surface area contributed by atoms with Crippen molar-refractivity contribution >= 4 is 5.91 Å². The van der Waals surface area contributed by atoms with Gasteiger partial charge in [-0.3, -0.25) is 4.79 Å². The van der Waals surface area contributed by atoms with Crippen LogP contribution < -0.4 is 5.32 Å².